The number of hydrogen-bond donors (Lipinski definition) is 0. The molecule has 0 aliphatic carbocycles. The van der Waals surface area contributed by atoms with E-state index in [2.05, 4.69) is 0 Å². The number of benzene rings is 1. The third-order valence-electron chi connectivity index (χ3n) is 4.27. The van der Waals surface area contributed by atoms with Gasteiger partial charge in [-0.3, -0.25) is 14.5 Å². The summed E-state index contributed by atoms with van der Waals surface area (Å²) in [5.74, 6) is -2.30. The van der Waals surface area contributed by atoms with Crippen molar-refractivity contribution in [3.63, 3.8) is 0 Å². The van der Waals surface area contributed by atoms with Crippen LogP contribution in [0.4, 0.5) is 8.78 Å². The van der Waals surface area contributed by atoms with E-state index in [4.69, 9.17) is 0 Å². The second kappa shape index (κ2) is 7.70. The Morgan fingerprint density at radius 3 is 2.54 bits per heavy atom. The maximum Gasteiger partial charge on any atom is 0.228 e. The van der Waals surface area contributed by atoms with Gasteiger partial charge in [0.25, 0.3) is 0 Å². The second-order valence-corrected chi connectivity index (χ2v) is 6.34. The van der Waals surface area contributed by atoms with Gasteiger partial charge < -0.3 is 9.80 Å². The molecule has 1 aromatic carbocycles. The summed E-state index contributed by atoms with van der Waals surface area (Å²) in [5, 5.41) is 0. The van der Waals surface area contributed by atoms with Crippen LogP contribution in [0, 0.1) is 17.6 Å². The molecule has 0 bridgehead atoms. The molecule has 5 nitrogen and oxygen atoms in total. The van der Waals surface area contributed by atoms with Gasteiger partial charge in [0, 0.05) is 59.3 Å². The van der Waals surface area contributed by atoms with Gasteiger partial charge in [-0.25, -0.2) is 8.78 Å². The third-order valence-corrected chi connectivity index (χ3v) is 4.27. The summed E-state index contributed by atoms with van der Waals surface area (Å²) >= 11 is 0. The minimum atomic E-state index is -0.881. The van der Waals surface area contributed by atoms with Crippen LogP contribution in [0.1, 0.15) is 12.5 Å². The zero-order valence-corrected chi connectivity index (χ0v) is 14.3. The molecule has 1 atom stereocenters. The molecule has 1 aliphatic heterocycles. The van der Waals surface area contributed by atoms with Gasteiger partial charge >= 0.3 is 0 Å². The second-order valence-electron chi connectivity index (χ2n) is 6.34. The molecule has 0 N–H and O–H groups in total. The van der Waals surface area contributed by atoms with Crippen LogP contribution in [0.5, 0.6) is 0 Å². The Balaban J connectivity index is 2.19. The Morgan fingerprint density at radius 1 is 1.21 bits per heavy atom. The lowest BCUT2D eigenvalue weighted by molar-refractivity contribution is -0.135. The Labute approximate surface area is 140 Å². The number of carbonyl (C=O) groups is 2. The van der Waals surface area contributed by atoms with Crippen molar-refractivity contribution >= 4 is 11.8 Å². The van der Waals surface area contributed by atoms with E-state index in [9.17, 15) is 18.4 Å². The number of halogens is 2. The van der Waals surface area contributed by atoms with Crippen molar-refractivity contribution < 1.29 is 18.4 Å². The molecule has 0 spiro atoms. The summed E-state index contributed by atoms with van der Waals surface area (Å²) in [7, 11) is 3.34. The highest BCUT2D eigenvalue weighted by Gasteiger charge is 2.30. The lowest BCUT2D eigenvalue weighted by Crippen LogP contribution is -2.41. The SMILES string of the molecule is CC(=O)N1CCN(Cc2cccc(F)c2F)CC(C(=O)N(C)C)C1. The zero-order valence-electron chi connectivity index (χ0n) is 14.3. The first-order valence-electron chi connectivity index (χ1n) is 7.91. The first kappa shape index (κ1) is 18.3. The predicted molar refractivity (Wildman–Crippen MR) is 86.1 cm³/mol. The first-order valence-corrected chi connectivity index (χ1v) is 7.91. The normalized spacial score (nSPS) is 19.0. The molecule has 2 rings (SSSR count). The molecule has 0 radical (unpaired) electrons. The van der Waals surface area contributed by atoms with Crippen LogP contribution < -0.4 is 0 Å². The summed E-state index contributed by atoms with van der Waals surface area (Å²) in [6.07, 6.45) is 0. The number of hydrogen-bond acceptors (Lipinski definition) is 3. The fourth-order valence-electron chi connectivity index (χ4n) is 2.94. The largest absolute Gasteiger partial charge is 0.348 e. The molecule has 2 amide bonds. The molecular formula is C17H23F2N3O2. The molecule has 0 aromatic heterocycles. The predicted octanol–water partition coefficient (Wildman–Crippen LogP) is 1.33. The Bertz CT molecular complexity index is 622. The summed E-state index contributed by atoms with van der Waals surface area (Å²) in [4.78, 5) is 29.1. The van der Waals surface area contributed by atoms with Crippen molar-refractivity contribution in [2.75, 3.05) is 40.3 Å². The minimum absolute atomic E-state index is 0.0761. The number of amides is 2. The van der Waals surface area contributed by atoms with E-state index in [0.717, 1.165) is 6.07 Å². The summed E-state index contributed by atoms with van der Waals surface area (Å²) < 4.78 is 27.3. The van der Waals surface area contributed by atoms with Gasteiger partial charge in [0.2, 0.25) is 11.8 Å². The molecule has 1 aliphatic rings. The van der Waals surface area contributed by atoms with E-state index in [1.165, 1.54) is 24.0 Å². The standard InChI is InChI=1S/C17H23F2N3O2/c1-12(23)22-8-7-21(10-14(11-22)17(24)20(2)3)9-13-5-4-6-15(18)16(13)19/h4-6,14H,7-11H2,1-3H3. The number of rotatable bonds is 3. The smallest absolute Gasteiger partial charge is 0.228 e. The quantitative estimate of drug-likeness (QED) is 0.835. The van der Waals surface area contributed by atoms with Crippen LogP contribution in [0.2, 0.25) is 0 Å². The summed E-state index contributed by atoms with van der Waals surface area (Å²) in [6.45, 7) is 3.38. The highest BCUT2D eigenvalue weighted by Crippen LogP contribution is 2.18. The monoisotopic (exact) mass is 339 g/mol. The maximum atomic E-state index is 13.9. The number of carbonyl (C=O) groups excluding carboxylic acids is 2. The van der Waals surface area contributed by atoms with Gasteiger partial charge in [-0.2, -0.15) is 0 Å². The van der Waals surface area contributed by atoms with E-state index in [-0.39, 0.29) is 29.8 Å². The highest BCUT2D eigenvalue weighted by atomic mass is 19.2. The van der Waals surface area contributed by atoms with Crippen LogP contribution in [-0.4, -0.2) is 66.8 Å². The lowest BCUT2D eigenvalue weighted by Gasteiger charge is -2.25. The van der Waals surface area contributed by atoms with Crippen LogP contribution in [0.15, 0.2) is 18.2 Å². The van der Waals surface area contributed by atoms with E-state index in [1.807, 2.05) is 4.90 Å². The summed E-state index contributed by atoms with van der Waals surface area (Å²) in [5.41, 5.74) is 0.252. The average molecular weight is 339 g/mol. The molecule has 0 saturated carbocycles. The van der Waals surface area contributed by atoms with Gasteiger partial charge in [0.05, 0.1) is 5.92 Å². The van der Waals surface area contributed by atoms with Crippen LogP contribution in [0.3, 0.4) is 0 Å². The third kappa shape index (κ3) is 4.29. The molecule has 7 heteroatoms. The molecule has 1 saturated heterocycles. The minimum Gasteiger partial charge on any atom is -0.348 e. The molecule has 132 valence electrons. The van der Waals surface area contributed by atoms with Gasteiger partial charge in [0.1, 0.15) is 0 Å². The van der Waals surface area contributed by atoms with Crippen molar-refractivity contribution in [1.29, 1.82) is 0 Å². The van der Waals surface area contributed by atoms with E-state index >= 15 is 0 Å². The highest BCUT2D eigenvalue weighted by molar-refractivity contribution is 5.80. The lowest BCUT2D eigenvalue weighted by atomic mass is 10.1. The van der Waals surface area contributed by atoms with Gasteiger partial charge in [-0.15, -0.1) is 0 Å². The van der Waals surface area contributed by atoms with Gasteiger partial charge in [-0.05, 0) is 6.07 Å². The fourth-order valence-corrected chi connectivity index (χ4v) is 2.94. The van der Waals surface area contributed by atoms with E-state index < -0.39 is 11.6 Å². The van der Waals surface area contributed by atoms with Crippen molar-refractivity contribution in [2.24, 2.45) is 5.92 Å². The zero-order chi connectivity index (χ0) is 17.9. The molecule has 1 unspecified atom stereocenters. The van der Waals surface area contributed by atoms with Crippen LogP contribution in [0.25, 0.3) is 0 Å². The molecule has 1 fully saturated rings. The average Bonchev–Trinajstić information content (AvgIpc) is 2.74. The van der Waals surface area contributed by atoms with Gasteiger partial charge in [0.15, 0.2) is 11.6 Å². The van der Waals surface area contributed by atoms with Gasteiger partial charge in [-0.1, -0.05) is 12.1 Å². The Kier molecular flexibility index (Phi) is 5.88. The topological polar surface area (TPSA) is 43.9 Å². The Hall–Kier alpha value is -2.02. The van der Waals surface area contributed by atoms with Crippen LogP contribution in [-0.2, 0) is 16.1 Å². The molecule has 1 heterocycles. The van der Waals surface area contributed by atoms with Crippen LogP contribution >= 0.6 is 0 Å². The molecule has 1 aromatic rings. The van der Waals surface area contributed by atoms with Crippen molar-refractivity contribution in [3.05, 3.63) is 35.4 Å². The summed E-state index contributed by atoms with van der Waals surface area (Å²) in [6, 6.07) is 4.09. The Morgan fingerprint density at radius 2 is 1.92 bits per heavy atom. The van der Waals surface area contributed by atoms with E-state index in [1.54, 1.807) is 19.0 Å². The first-order chi connectivity index (χ1) is 11.3. The fraction of sp³-hybridized carbons (Fsp3) is 0.529. The number of nitrogens with zero attached hydrogens (tertiary/aromatic N) is 3. The molecular weight excluding hydrogens is 316 g/mol. The maximum absolute atomic E-state index is 13.9. The van der Waals surface area contributed by atoms with E-state index in [0.29, 0.717) is 26.2 Å². The van der Waals surface area contributed by atoms with Crippen molar-refractivity contribution in [2.45, 2.75) is 13.5 Å². The van der Waals surface area contributed by atoms with Crippen molar-refractivity contribution in [1.82, 2.24) is 14.7 Å². The molecule has 24 heavy (non-hydrogen) atoms. The van der Waals surface area contributed by atoms with Crippen molar-refractivity contribution in [3.8, 4) is 0 Å².